The van der Waals surface area contributed by atoms with Gasteiger partial charge in [-0.2, -0.15) is 13.2 Å². The molecule has 2 atom stereocenters. The summed E-state index contributed by atoms with van der Waals surface area (Å²) in [6, 6.07) is 3.06. The van der Waals surface area contributed by atoms with Gasteiger partial charge in [-0.1, -0.05) is 12.1 Å². The van der Waals surface area contributed by atoms with E-state index in [-0.39, 0.29) is 13.2 Å². The minimum absolute atomic E-state index is 0.0364. The highest BCUT2D eigenvalue weighted by Gasteiger charge is 2.37. The van der Waals surface area contributed by atoms with Crippen LogP contribution >= 0.6 is 0 Å². The fraction of sp³-hybridized carbons (Fsp3) is 0.429. The molecule has 0 spiro atoms. The molecule has 1 N–H and O–H groups in total. The molecular formula is C14H14F3NO4. The molecule has 1 aromatic rings. The Balaban J connectivity index is 2.31. The maximum absolute atomic E-state index is 12.6. The number of rotatable bonds is 1. The standard InChI is InChI=1S/C14H14F3NO4/c1-8-6-22-7-11(18(8)12(19)13(20)21)9-2-4-10(5-3-9)14(15,16)17/h2-5,8,11H,6-7H2,1H3,(H,20,21). The minimum Gasteiger partial charge on any atom is -0.474 e. The van der Waals surface area contributed by atoms with Crippen LogP contribution in [-0.2, 0) is 20.5 Å². The zero-order valence-electron chi connectivity index (χ0n) is 11.6. The number of hydrogen-bond acceptors (Lipinski definition) is 3. The zero-order chi connectivity index (χ0) is 16.5. The topological polar surface area (TPSA) is 66.8 Å². The SMILES string of the molecule is CC1COCC(c2ccc(C(F)(F)F)cc2)N1C(=O)C(=O)O. The van der Waals surface area contributed by atoms with Gasteiger partial charge < -0.3 is 14.7 Å². The molecule has 0 aliphatic carbocycles. The summed E-state index contributed by atoms with van der Waals surface area (Å²) in [5, 5.41) is 8.89. The minimum atomic E-state index is -4.45. The fourth-order valence-corrected chi connectivity index (χ4v) is 2.42. The molecule has 0 bridgehead atoms. The number of ether oxygens (including phenoxy) is 1. The number of carboxylic acid groups (broad SMARTS) is 1. The third kappa shape index (κ3) is 3.22. The van der Waals surface area contributed by atoms with Crippen LogP contribution in [0.15, 0.2) is 24.3 Å². The Labute approximate surface area is 124 Å². The van der Waals surface area contributed by atoms with Gasteiger partial charge in [0.25, 0.3) is 0 Å². The Bertz CT molecular complexity index is 570. The number of carbonyl (C=O) groups excluding carboxylic acids is 1. The third-order valence-electron chi connectivity index (χ3n) is 3.49. The summed E-state index contributed by atoms with van der Waals surface area (Å²) >= 11 is 0. The van der Waals surface area contributed by atoms with Crippen molar-refractivity contribution >= 4 is 11.9 Å². The number of carboxylic acids is 1. The molecule has 120 valence electrons. The van der Waals surface area contributed by atoms with E-state index in [9.17, 15) is 22.8 Å². The summed E-state index contributed by atoms with van der Waals surface area (Å²) in [7, 11) is 0. The van der Waals surface area contributed by atoms with Crippen LogP contribution < -0.4 is 0 Å². The van der Waals surface area contributed by atoms with Gasteiger partial charge >= 0.3 is 18.1 Å². The summed E-state index contributed by atoms with van der Waals surface area (Å²) in [6.45, 7) is 1.84. The molecular weight excluding hydrogens is 303 g/mol. The van der Waals surface area contributed by atoms with Gasteiger partial charge in [-0.25, -0.2) is 4.79 Å². The van der Waals surface area contributed by atoms with Crippen LogP contribution in [0.1, 0.15) is 24.1 Å². The van der Waals surface area contributed by atoms with Crippen LogP contribution in [-0.4, -0.2) is 41.1 Å². The molecule has 1 amide bonds. The highest BCUT2D eigenvalue weighted by Crippen LogP contribution is 2.32. The zero-order valence-corrected chi connectivity index (χ0v) is 11.6. The van der Waals surface area contributed by atoms with Gasteiger partial charge in [0.15, 0.2) is 0 Å². The van der Waals surface area contributed by atoms with Crippen molar-refractivity contribution in [2.75, 3.05) is 13.2 Å². The molecule has 5 nitrogen and oxygen atoms in total. The van der Waals surface area contributed by atoms with Crippen LogP contribution in [0.3, 0.4) is 0 Å². The van der Waals surface area contributed by atoms with Crippen molar-refractivity contribution < 1.29 is 32.6 Å². The molecule has 2 rings (SSSR count). The van der Waals surface area contributed by atoms with Crippen molar-refractivity contribution in [2.24, 2.45) is 0 Å². The molecule has 1 heterocycles. The predicted octanol–water partition coefficient (Wildman–Crippen LogP) is 2.08. The number of benzene rings is 1. The lowest BCUT2D eigenvalue weighted by Crippen LogP contribution is -2.51. The van der Waals surface area contributed by atoms with Crippen LogP contribution in [0.4, 0.5) is 13.2 Å². The van der Waals surface area contributed by atoms with E-state index in [0.29, 0.717) is 5.56 Å². The van der Waals surface area contributed by atoms with Crippen molar-refractivity contribution in [3.05, 3.63) is 35.4 Å². The van der Waals surface area contributed by atoms with Crippen molar-refractivity contribution in [3.8, 4) is 0 Å². The summed E-state index contributed by atoms with van der Waals surface area (Å²) in [5.74, 6) is -2.70. The number of amides is 1. The first-order valence-electron chi connectivity index (χ1n) is 6.52. The Morgan fingerprint density at radius 3 is 2.32 bits per heavy atom. The quantitative estimate of drug-likeness (QED) is 0.805. The first-order chi connectivity index (χ1) is 10.2. The average Bonchev–Trinajstić information content (AvgIpc) is 2.45. The Morgan fingerprint density at radius 2 is 1.82 bits per heavy atom. The highest BCUT2D eigenvalue weighted by molar-refractivity contribution is 6.31. The Hall–Kier alpha value is -2.09. The molecule has 1 fully saturated rings. The Kier molecular flexibility index (Phi) is 4.41. The van der Waals surface area contributed by atoms with Crippen molar-refractivity contribution in [1.29, 1.82) is 0 Å². The lowest BCUT2D eigenvalue weighted by atomic mass is 10.0. The van der Waals surface area contributed by atoms with E-state index in [0.717, 1.165) is 17.0 Å². The van der Waals surface area contributed by atoms with Gasteiger partial charge in [-0.05, 0) is 24.6 Å². The molecule has 1 saturated heterocycles. The summed E-state index contributed by atoms with van der Waals surface area (Å²) in [6.07, 6.45) is -4.45. The molecule has 1 aliphatic heterocycles. The monoisotopic (exact) mass is 317 g/mol. The number of halogens is 3. The van der Waals surface area contributed by atoms with Crippen molar-refractivity contribution in [3.63, 3.8) is 0 Å². The van der Waals surface area contributed by atoms with Crippen LogP contribution in [0.25, 0.3) is 0 Å². The van der Waals surface area contributed by atoms with E-state index in [4.69, 9.17) is 9.84 Å². The third-order valence-corrected chi connectivity index (χ3v) is 3.49. The van der Waals surface area contributed by atoms with Crippen LogP contribution in [0, 0.1) is 0 Å². The van der Waals surface area contributed by atoms with Crippen molar-refractivity contribution in [1.82, 2.24) is 4.90 Å². The highest BCUT2D eigenvalue weighted by atomic mass is 19.4. The molecule has 1 aliphatic rings. The average molecular weight is 317 g/mol. The van der Waals surface area contributed by atoms with E-state index >= 15 is 0 Å². The lowest BCUT2D eigenvalue weighted by Gasteiger charge is -2.39. The van der Waals surface area contributed by atoms with E-state index in [1.54, 1.807) is 6.92 Å². The molecule has 8 heteroatoms. The second-order valence-electron chi connectivity index (χ2n) is 5.04. The van der Waals surface area contributed by atoms with E-state index in [1.807, 2.05) is 0 Å². The largest absolute Gasteiger partial charge is 0.474 e. The number of carbonyl (C=O) groups is 2. The second-order valence-corrected chi connectivity index (χ2v) is 5.04. The van der Waals surface area contributed by atoms with Crippen LogP contribution in [0.2, 0.25) is 0 Å². The molecule has 1 aromatic carbocycles. The lowest BCUT2D eigenvalue weighted by molar-refractivity contribution is -0.164. The second kappa shape index (κ2) is 5.96. The van der Waals surface area contributed by atoms with E-state index < -0.39 is 35.7 Å². The van der Waals surface area contributed by atoms with Crippen LogP contribution in [0.5, 0.6) is 0 Å². The number of aliphatic carboxylic acids is 1. The summed E-state index contributed by atoms with van der Waals surface area (Å²) in [4.78, 5) is 23.9. The number of nitrogens with zero attached hydrogens (tertiary/aromatic N) is 1. The Morgan fingerprint density at radius 1 is 1.23 bits per heavy atom. The normalized spacial score (nSPS) is 22.5. The number of morpholine rings is 1. The van der Waals surface area contributed by atoms with Gasteiger partial charge in [-0.15, -0.1) is 0 Å². The fourth-order valence-electron chi connectivity index (χ4n) is 2.42. The molecule has 22 heavy (non-hydrogen) atoms. The molecule has 0 aromatic heterocycles. The molecule has 0 saturated carbocycles. The first-order valence-corrected chi connectivity index (χ1v) is 6.52. The van der Waals surface area contributed by atoms with Gasteiger partial charge in [0.2, 0.25) is 0 Å². The van der Waals surface area contributed by atoms with E-state index in [2.05, 4.69) is 0 Å². The number of hydrogen-bond donors (Lipinski definition) is 1. The van der Waals surface area contributed by atoms with Gasteiger partial charge in [0.05, 0.1) is 30.9 Å². The van der Waals surface area contributed by atoms with Gasteiger partial charge in [0, 0.05) is 0 Å². The molecule has 2 unspecified atom stereocenters. The maximum atomic E-state index is 12.6. The first kappa shape index (κ1) is 16.3. The predicted molar refractivity (Wildman–Crippen MR) is 68.9 cm³/mol. The van der Waals surface area contributed by atoms with Gasteiger partial charge in [-0.3, -0.25) is 4.79 Å². The van der Waals surface area contributed by atoms with Gasteiger partial charge in [0.1, 0.15) is 0 Å². The smallest absolute Gasteiger partial charge is 0.416 e. The molecule has 0 radical (unpaired) electrons. The maximum Gasteiger partial charge on any atom is 0.416 e. The summed E-state index contributed by atoms with van der Waals surface area (Å²) in [5.41, 5.74) is -0.411. The number of alkyl halides is 3. The van der Waals surface area contributed by atoms with Crippen molar-refractivity contribution in [2.45, 2.75) is 25.2 Å². The summed E-state index contributed by atoms with van der Waals surface area (Å²) < 4.78 is 43.0. The van der Waals surface area contributed by atoms with E-state index in [1.165, 1.54) is 12.1 Å².